The number of nitrogens with zero attached hydrogens (tertiary/aromatic N) is 1. The van der Waals surface area contributed by atoms with E-state index in [1.54, 1.807) is 12.1 Å². The van der Waals surface area contributed by atoms with Crippen LogP contribution < -0.4 is 5.32 Å². The van der Waals surface area contributed by atoms with Crippen molar-refractivity contribution >= 4 is 11.9 Å². The molecule has 5 nitrogen and oxygen atoms in total. The molecule has 24 heavy (non-hydrogen) atoms. The maximum atomic E-state index is 13.1. The molecule has 0 radical (unpaired) electrons. The van der Waals surface area contributed by atoms with Crippen LogP contribution in [0.5, 0.6) is 0 Å². The van der Waals surface area contributed by atoms with Gasteiger partial charge in [0.2, 0.25) is 0 Å². The van der Waals surface area contributed by atoms with Gasteiger partial charge in [-0.15, -0.1) is 0 Å². The number of aromatic nitrogens is 1. The van der Waals surface area contributed by atoms with Crippen molar-refractivity contribution in [2.45, 2.75) is 24.7 Å². The largest absolute Gasteiger partial charge is 0.478 e. The van der Waals surface area contributed by atoms with Crippen molar-refractivity contribution in [3.8, 4) is 0 Å². The van der Waals surface area contributed by atoms with Gasteiger partial charge >= 0.3 is 5.97 Å². The Morgan fingerprint density at radius 3 is 2.50 bits per heavy atom. The van der Waals surface area contributed by atoms with Gasteiger partial charge in [-0.1, -0.05) is 18.6 Å². The smallest absolute Gasteiger partial charge is 0.335 e. The summed E-state index contributed by atoms with van der Waals surface area (Å²) >= 11 is 0. The zero-order valence-electron chi connectivity index (χ0n) is 13.0. The molecule has 1 heterocycles. The predicted octanol–water partition coefficient (Wildman–Crippen LogP) is 2.77. The third-order valence-electron chi connectivity index (χ3n) is 4.59. The van der Waals surface area contributed by atoms with Crippen LogP contribution in [0.2, 0.25) is 0 Å². The zero-order valence-corrected chi connectivity index (χ0v) is 13.0. The molecule has 0 atom stereocenters. The fraction of sp³-hybridized carbons (Fsp3) is 0.278. The van der Waals surface area contributed by atoms with Crippen LogP contribution in [0.25, 0.3) is 0 Å². The Labute approximate surface area is 138 Å². The Bertz CT molecular complexity index is 770. The van der Waals surface area contributed by atoms with Gasteiger partial charge in [-0.3, -0.25) is 9.78 Å². The van der Waals surface area contributed by atoms with Crippen molar-refractivity contribution < 1.29 is 19.1 Å². The van der Waals surface area contributed by atoms with Crippen LogP contribution in [0, 0.1) is 5.82 Å². The molecule has 6 heteroatoms. The Morgan fingerprint density at radius 2 is 1.92 bits per heavy atom. The van der Waals surface area contributed by atoms with Crippen LogP contribution in [-0.4, -0.2) is 28.5 Å². The molecule has 1 fully saturated rings. The molecule has 0 bridgehead atoms. The van der Waals surface area contributed by atoms with E-state index in [0.717, 1.165) is 24.8 Å². The average molecular weight is 328 g/mol. The maximum absolute atomic E-state index is 13.1. The summed E-state index contributed by atoms with van der Waals surface area (Å²) in [5.41, 5.74) is 0.909. The summed E-state index contributed by atoms with van der Waals surface area (Å²) in [6.45, 7) is 0.413. The second-order valence-electron chi connectivity index (χ2n) is 6.06. The summed E-state index contributed by atoms with van der Waals surface area (Å²) in [6, 6.07) is 8.95. The molecule has 0 saturated heterocycles. The highest BCUT2D eigenvalue weighted by molar-refractivity contribution is 5.95. The maximum Gasteiger partial charge on any atom is 0.335 e. The lowest BCUT2D eigenvalue weighted by Crippen LogP contribution is -2.45. The van der Waals surface area contributed by atoms with Crippen molar-refractivity contribution in [1.29, 1.82) is 0 Å². The first-order valence-electron chi connectivity index (χ1n) is 7.74. The van der Waals surface area contributed by atoms with Crippen molar-refractivity contribution in [1.82, 2.24) is 10.3 Å². The van der Waals surface area contributed by atoms with Gasteiger partial charge in [0.25, 0.3) is 5.91 Å². The molecule has 2 aromatic rings. The first kappa shape index (κ1) is 16.1. The summed E-state index contributed by atoms with van der Waals surface area (Å²) in [6.07, 6.45) is 4.19. The zero-order chi connectivity index (χ0) is 17.2. The van der Waals surface area contributed by atoms with Gasteiger partial charge < -0.3 is 10.4 Å². The number of rotatable bonds is 5. The molecule has 0 unspecified atom stereocenters. The highest BCUT2D eigenvalue weighted by Gasteiger charge is 2.38. The fourth-order valence-electron chi connectivity index (χ4n) is 3.00. The monoisotopic (exact) mass is 328 g/mol. The number of hydrogen-bond donors (Lipinski definition) is 2. The van der Waals surface area contributed by atoms with E-state index in [0.29, 0.717) is 6.54 Å². The molecule has 0 spiro atoms. The Balaban J connectivity index is 1.72. The summed E-state index contributed by atoms with van der Waals surface area (Å²) in [5, 5.41) is 11.8. The van der Waals surface area contributed by atoms with E-state index in [-0.39, 0.29) is 22.5 Å². The molecule has 1 aromatic carbocycles. The minimum Gasteiger partial charge on any atom is -0.478 e. The first-order valence-corrected chi connectivity index (χ1v) is 7.74. The minimum atomic E-state index is -1.10. The van der Waals surface area contributed by atoms with Crippen LogP contribution in [0.1, 0.15) is 45.7 Å². The lowest BCUT2D eigenvalue weighted by Gasteiger charge is -2.42. The standard InChI is InChI=1S/C18H17FN2O3/c19-14-4-2-13(3-5-14)18(7-1-8-18)11-21-16(22)15-10-12(17(23)24)6-9-20-15/h2-6,9-10H,1,7-8,11H2,(H,21,22)(H,23,24). The van der Waals surface area contributed by atoms with E-state index in [1.807, 2.05) is 0 Å². The molecule has 0 aliphatic heterocycles. The van der Waals surface area contributed by atoms with E-state index < -0.39 is 11.9 Å². The third-order valence-corrected chi connectivity index (χ3v) is 4.59. The van der Waals surface area contributed by atoms with Gasteiger partial charge in [-0.05, 0) is 42.7 Å². The predicted molar refractivity (Wildman–Crippen MR) is 85.5 cm³/mol. The van der Waals surface area contributed by atoms with Gasteiger partial charge in [-0.2, -0.15) is 0 Å². The second kappa shape index (κ2) is 6.39. The van der Waals surface area contributed by atoms with E-state index in [2.05, 4.69) is 10.3 Å². The molecule has 1 aliphatic carbocycles. The Morgan fingerprint density at radius 1 is 1.21 bits per heavy atom. The van der Waals surface area contributed by atoms with Crippen LogP contribution >= 0.6 is 0 Å². The number of aromatic carboxylic acids is 1. The number of amides is 1. The highest BCUT2D eigenvalue weighted by atomic mass is 19.1. The third kappa shape index (κ3) is 3.13. The van der Waals surface area contributed by atoms with Crippen molar-refractivity contribution in [3.63, 3.8) is 0 Å². The van der Waals surface area contributed by atoms with Crippen molar-refractivity contribution in [2.24, 2.45) is 0 Å². The number of carbonyl (C=O) groups is 2. The van der Waals surface area contributed by atoms with Gasteiger partial charge in [0, 0.05) is 18.2 Å². The van der Waals surface area contributed by atoms with Gasteiger partial charge in [-0.25, -0.2) is 9.18 Å². The van der Waals surface area contributed by atoms with Crippen LogP contribution in [-0.2, 0) is 5.41 Å². The van der Waals surface area contributed by atoms with Crippen LogP contribution in [0.4, 0.5) is 4.39 Å². The quantitative estimate of drug-likeness (QED) is 0.884. The highest BCUT2D eigenvalue weighted by Crippen LogP contribution is 2.43. The normalized spacial score (nSPS) is 15.4. The van der Waals surface area contributed by atoms with Gasteiger partial charge in [0.05, 0.1) is 5.56 Å². The molecule has 124 valence electrons. The molecule has 1 aromatic heterocycles. The lowest BCUT2D eigenvalue weighted by molar-refractivity contribution is 0.0696. The molecule has 1 aliphatic rings. The number of nitrogens with one attached hydrogen (secondary N) is 1. The second-order valence-corrected chi connectivity index (χ2v) is 6.06. The molecule has 3 rings (SSSR count). The summed E-state index contributed by atoms with van der Waals surface area (Å²) < 4.78 is 13.1. The fourth-order valence-corrected chi connectivity index (χ4v) is 3.00. The lowest BCUT2D eigenvalue weighted by atomic mass is 9.64. The number of hydrogen-bond acceptors (Lipinski definition) is 3. The van der Waals surface area contributed by atoms with E-state index in [1.165, 1.54) is 30.5 Å². The van der Waals surface area contributed by atoms with Gasteiger partial charge in [0.15, 0.2) is 0 Å². The summed E-state index contributed by atoms with van der Waals surface area (Å²) in [7, 11) is 0. The first-order chi connectivity index (χ1) is 11.5. The number of halogens is 1. The Hall–Kier alpha value is -2.76. The number of carbonyl (C=O) groups excluding carboxylic acids is 1. The van der Waals surface area contributed by atoms with Crippen molar-refractivity contribution in [3.05, 3.63) is 65.2 Å². The SMILES string of the molecule is O=C(O)c1ccnc(C(=O)NCC2(c3ccc(F)cc3)CCC2)c1. The average Bonchev–Trinajstić information content (AvgIpc) is 2.55. The molecule has 2 N–H and O–H groups in total. The number of benzene rings is 1. The van der Waals surface area contributed by atoms with E-state index >= 15 is 0 Å². The molecular weight excluding hydrogens is 311 g/mol. The topological polar surface area (TPSA) is 79.3 Å². The van der Waals surface area contributed by atoms with E-state index in [4.69, 9.17) is 5.11 Å². The van der Waals surface area contributed by atoms with E-state index in [9.17, 15) is 14.0 Å². The molecule has 1 saturated carbocycles. The summed E-state index contributed by atoms with van der Waals surface area (Å²) in [5.74, 6) is -1.80. The minimum absolute atomic E-state index is 0.0204. The molecule has 1 amide bonds. The Kier molecular flexibility index (Phi) is 4.29. The van der Waals surface area contributed by atoms with Crippen molar-refractivity contribution in [2.75, 3.05) is 6.54 Å². The molecular formula is C18H17FN2O3. The number of carboxylic acids is 1. The number of carboxylic acid groups (broad SMARTS) is 1. The van der Waals surface area contributed by atoms with Gasteiger partial charge in [0.1, 0.15) is 11.5 Å². The van der Waals surface area contributed by atoms with Crippen LogP contribution in [0.15, 0.2) is 42.6 Å². The van der Waals surface area contributed by atoms with Crippen LogP contribution in [0.3, 0.4) is 0 Å². The number of pyridine rings is 1. The summed E-state index contributed by atoms with van der Waals surface area (Å²) in [4.78, 5) is 27.2.